The molecule has 0 unspecified atom stereocenters. The molecule has 5 N–H and O–H groups in total. The Hall–Kier alpha value is -4.41. The molecule has 0 radical (unpaired) electrons. The Labute approximate surface area is 193 Å². The minimum absolute atomic E-state index is 0.0360. The molecule has 1 aromatic carbocycles. The number of carbonyl (C=O) groups is 2. The highest BCUT2D eigenvalue weighted by Gasteiger charge is 2.29. The van der Waals surface area contributed by atoms with Crippen molar-refractivity contribution in [3.8, 4) is 17.0 Å². The standard InChI is InChI=1S/C23H22FN7O3/c1-25-16(32)10-15-30-19-11(6-8-26-22(19)31-15)18-20(17-13(28-18)7-9-27-23(17)33)29-14-5-3-4-12(24)21(14)34-2/h3-6,8,28-29H,7,9-10H2,1-2H3,(H,25,32)(H,27,33)(H,26,30,31). The van der Waals surface area contributed by atoms with E-state index in [1.807, 2.05) is 0 Å². The average molecular weight is 463 g/mol. The number of anilines is 2. The molecule has 34 heavy (non-hydrogen) atoms. The molecule has 10 nitrogen and oxygen atoms in total. The van der Waals surface area contributed by atoms with Crippen LogP contribution in [-0.4, -0.2) is 52.5 Å². The fourth-order valence-electron chi connectivity index (χ4n) is 4.15. The van der Waals surface area contributed by atoms with Crippen LogP contribution in [0.3, 0.4) is 0 Å². The number of fused-ring (bicyclic) bond motifs is 2. The van der Waals surface area contributed by atoms with Crippen molar-refractivity contribution in [1.82, 2.24) is 30.6 Å². The van der Waals surface area contributed by atoms with Crippen LogP contribution in [-0.2, 0) is 17.6 Å². The lowest BCUT2D eigenvalue weighted by atomic mass is 10.0. The Kier molecular flexibility index (Phi) is 5.36. The number of benzene rings is 1. The van der Waals surface area contributed by atoms with Gasteiger partial charge < -0.3 is 30.7 Å². The molecule has 3 aromatic heterocycles. The summed E-state index contributed by atoms with van der Waals surface area (Å²) in [5.74, 6) is -0.454. The maximum atomic E-state index is 14.4. The fourth-order valence-corrected chi connectivity index (χ4v) is 4.15. The molecule has 1 aliphatic heterocycles. The van der Waals surface area contributed by atoms with Gasteiger partial charge in [-0.05, 0) is 18.2 Å². The van der Waals surface area contributed by atoms with Gasteiger partial charge in [0.1, 0.15) is 5.82 Å². The molecule has 0 spiro atoms. The topological polar surface area (TPSA) is 137 Å². The molecular formula is C23H22FN7O3. The number of para-hydroxylation sites is 1. The number of nitrogens with zero attached hydrogens (tertiary/aromatic N) is 2. The Morgan fingerprint density at radius 2 is 2.12 bits per heavy atom. The van der Waals surface area contributed by atoms with E-state index in [1.54, 1.807) is 31.4 Å². The second-order valence-corrected chi connectivity index (χ2v) is 7.77. The first-order valence-electron chi connectivity index (χ1n) is 10.7. The molecule has 11 heteroatoms. The first kappa shape index (κ1) is 21.4. The second kappa shape index (κ2) is 8.50. The molecule has 2 amide bonds. The molecule has 0 bridgehead atoms. The minimum atomic E-state index is -0.526. The number of ether oxygens (including phenoxy) is 1. The van der Waals surface area contributed by atoms with Crippen LogP contribution in [0.4, 0.5) is 15.8 Å². The van der Waals surface area contributed by atoms with Crippen LogP contribution >= 0.6 is 0 Å². The predicted octanol–water partition coefficient (Wildman–Crippen LogP) is 2.42. The van der Waals surface area contributed by atoms with E-state index in [2.05, 4.69) is 35.9 Å². The van der Waals surface area contributed by atoms with Crippen LogP contribution in [0.15, 0.2) is 30.5 Å². The lowest BCUT2D eigenvalue weighted by Crippen LogP contribution is -2.31. The normalized spacial score (nSPS) is 12.9. The molecule has 1 aliphatic rings. The van der Waals surface area contributed by atoms with E-state index in [0.29, 0.717) is 58.1 Å². The van der Waals surface area contributed by atoms with Crippen LogP contribution in [0.25, 0.3) is 22.4 Å². The van der Waals surface area contributed by atoms with E-state index >= 15 is 0 Å². The second-order valence-electron chi connectivity index (χ2n) is 7.77. The van der Waals surface area contributed by atoms with Crippen molar-refractivity contribution in [1.29, 1.82) is 0 Å². The van der Waals surface area contributed by atoms with E-state index in [9.17, 15) is 14.0 Å². The maximum absolute atomic E-state index is 14.4. The van der Waals surface area contributed by atoms with Crippen molar-refractivity contribution in [3.63, 3.8) is 0 Å². The molecular weight excluding hydrogens is 441 g/mol. The molecule has 174 valence electrons. The van der Waals surface area contributed by atoms with Crippen LogP contribution in [0.5, 0.6) is 5.75 Å². The number of likely N-dealkylation sites (N-methyl/N-ethyl adjacent to an activating group) is 1. The SMILES string of the molecule is CNC(=O)Cc1nc2nccc(-c3[nH]c4c(c3Nc3cccc(F)c3OC)C(=O)NCC4)c2[nH]1. The largest absolute Gasteiger partial charge is 0.492 e. The van der Waals surface area contributed by atoms with E-state index in [0.717, 1.165) is 5.69 Å². The van der Waals surface area contributed by atoms with Crippen molar-refractivity contribution >= 4 is 34.4 Å². The third-order valence-electron chi connectivity index (χ3n) is 5.71. The molecule has 0 saturated carbocycles. The summed E-state index contributed by atoms with van der Waals surface area (Å²) in [6.45, 7) is 0.501. The van der Waals surface area contributed by atoms with Gasteiger partial charge in [0.05, 0.1) is 41.7 Å². The van der Waals surface area contributed by atoms with Crippen LogP contribution in [0.2, 0.25) is 0 Å². The number of rotatable bonds is 6. The molecule has 5 rings (SSSR count). The summed E-state index contributed by atoms with van der Waals surface area (Å²) in [4.78, 5) is 39.9. The van der Waals surface area contributed by atoms with Crippen molar-refractivity contribution in [2.45, 2.75) is 12.8 Å². The Morgan fingerprint density at radius 3 is 2.91 bits per heavy atom. The predicted molar refractivity (Wildman–Crippen MR) is 124 cm³/mol. The number of aromatic nitrogens is 4. The molecule has 0 aliphatic carbocycles. The van der Waals surface area contributed by atoms with Crippen molar-refractivity contribution in [2.24, 2.45) is 0 Å². The molecule has 0 fully saturated rings. The maximum Gasteiger partial charge on any atom is 0.255 e. The number of carbonyl (C=O) groups excluding carboxylic acids is 2. The number of imidazole rings is 1. The van der Waals surface area contributed by atoms with Gasteiger partial charge in [0.15, 0.2) is 17.2 Å². The number of hydrogen-bond donors (Lipinski definition) is 5. The Balaban J connectivity index is 1.69. The number of nitrogens with one attached hydrogen (secondary N) is 5. The molecule has 0 saturated heterocycles. The van der Waals surface area contributed by atoms with E-state index in [4.69, 9.17) is 4.74 Å². The highest BCUT2D eigenvalue weighted by Crippen LogP contribution is 2.40. The fraction of sp³-hybridized carbons (Fsp3) is 0.217. The van der Waals surface area contributed by atoms with Crippen LogP contribution < -0.4 is 20.7 Å². The summed E-state index contributed by atoms with van der Waals surface area (Å²) in [6, 6.07) is 6.32. The lowest BCUT2D eigenvalue weighted by molar-refractivity contribution is -0.120. The monoisotopic (exact) mass is 463 g/mol. The summed E-state index contributed by atoms with van der Waals surface area (Å²) in [7, 11) is 2.94. The van der Waals surface area contributed by atoms with Crippen molar-refractivity contribution < 1.29 is 18.7 Å². The number of amides is 2. The molecule has 0 atom stereocenters. The lowest BCUT2D eigenvalue weighted by Gasteiger charge is -2.16. The van der Waals surface area contributed by atoms with E-state index < -0.39 is 5.82 Å². The first-order valence-corrected chi connectivity index (χ1v) is 10.7. The molecule has 4 heterocycles. The van der Waals surface area contributed by atoms with Gasteiger partial charge in [-0.15, -0.1) is 0 Å². The van der Waals surface area contributed by atoms with Gasteiger partial charge in [0.25, 0.3) is 5.91 Å². The summed E-state index contributed by atoms with van der Waals surface area (Å²) in [6.07, 6.45) is 2.28. The third-order valence-corrected chi connectivity index (χ3v) is 5.71. The average Bonchev–Trinajstić information content (AvgIpc) is 3.40. The van der Waals surface area contributed by atoms with Gasteiger partial charge >= 0.3 is 0 Å². The summed E-state index contributed by atoms with van der Waals surface area (Å²) < 4.78 is 19.6. The van der Waals surface area contributed by atoms with Gasteiger partial charge in [-0.25, -0.2) is 14.4 Å². The third kappa shape index (κ3) is 3.60. The van der Waals surface area contributed by atoms with Gasteiger partial charge in [-0.2, -0.15) is 0 Å². The Morgan fingerprint density at radius 1 is 1.26 bits per heavy atom. The molecule has 4 aromatic rings. The van der Waals surface area contributed by atoms with Crippen LogP contribution in [0.1, 0.15) is 21.9 Å². The van der Waals surface area contributed by atoms with E-state index in [1.165, 1.54) is 13.2 Å². The highest BCUT2D eigenvalue weighted by atomic mass is 19.1. The van der Waals surface area contributed by atoms with Gasteiger partial charge in [0, 0.05) is 37.5 Å². The number of aromatic amines is 2. The smallest absolute Gasteiger partial charge is 0.255 e. The quantitative estimate of drug-likeness (QED) is 0.298. The number of halogens is 1. The van der Waals surface area contributed by atoms with Gasteiger partial charge in [0.2, 0.25) is 5.91 Å². The number of methoxy groups -OCH3 is 1. The number of hydrogen-bond acceptors (Lipinski definition) is 6. The highest BCUT2D eigenvalue weighted by molar-refractivity contribution is 6.08. The summed E-state index contributed by atoms with van der Waals surface area (Å²) >= 11 is 0. The summed E-state index contributed by atoms with van der Waals surface area (Å²) in [5.41, 5.74) is 4.40. The van der Waals surface area contributed by atoms with Crippen molar-refractivity contribution in [2.75, 3.05) is 26.0 Å². The van der Waals surface area contributed by atoms with E-state index in [-0.39, 0.29) is 24.0 Å². The minimum Gasteiger partial charge on any atom is -0.492 e. The van der Waals surface area contributed by atoms with Gasteiger partial charge in [-0.1, -0.05) is 6.07 Å². The summed E-state index contributed by atoms with van der Waals surface area (Å²) in [5, 5.41) is 8.64. The number of pyridine rings is 1. The van der Waals surface area contributed by atoms with Crippen molar-refractivity contribution in [3.05, 3.63) is 53.4 Å². The first-order chi connectivity index (χ1) is 16.5. The van der Waals surface area contributed by atoms with Gasteiger partial charge in [-0.3, -0.25) is 9.59 Å². The van der Waals surface area contributed by atoms with Crippen LogP contribution in [0, 0.1) is 5.82 Å². The zero-order chi connectivity index (χ0) is 23.8. The number of H-pyrrole nitrogens is 2. The Bertz CT molecular complexity index is 1430. The zero-order valence-corrected chi connectivity index (χ0v) is 18.5. The zero-order valence-electron chi connectivity index (χ0n) is 18.5.